The van der Waals surface area contributed by atoms with Gasteiger partial charge in [0.25, 0.3) is 0 Å². The number of hydrogen-bond donors (Lipinski definition) is 0. The van der Waals surface area contributed by atoms with Crippen LogP contribution in [-0.4, -0.2) is 0 Å². The number of anilines is 3. The number of fused-ring (bicyclic) bond motifs is 7. The molecule has 0 unspecified atom stereocenters. The summed E-state index contributed by atoms with van der Waals surface area (Å²) in [5.41, 5.74) is 9.86. The predicted molar refractivity (Wildman–Crippen MR) is 210 cm³/mol. The third-order valence-electron chi connectivity index (χ3n) is 9.65. The van der Waals surface area contributed by atoms with Gasteiger partial charge >= 0.3 is 0 Å². The van der Waals surface area contributed by atoms with E-state index >= 15 is 0 Å². The molecule has 0 radical (unpaired) electrons. The van der Waals surface area contributed by atoms with E-state index in [4.69, 9.17) is 4.42 Å². The molecule has 0 bridgehead atoms. The molecule has 0 N–H and O–H groups in total. The minimum atomic E-state index is 0.903. The van der Waals surface area contributed by atoms with Crippen molar-refractivity contribution in [2.75, 3.05) is 4.90 Å². The summed E-state index contributed by atoms with van der Waals surface area (Å²) in [5.74, 6) is 0. The average molecular weight is 644 g/mol. The summed E-state index contributed by atoms with van der Waals surface area (Å²) in [7, 11) is 0. The van der Waals surface area contributed by atoms with Crippen molar-refractivity contribution in [3.63, 3.8) is 0 Å². The highest BCUT2D eigenvalue weighted by Crippen LogP contribution is 2.43. The monoisotopic (exact) mass is 643 g/mol. The van der Waals surface area contributed by atoms with Crippen molar-refractivity contribution in [2.45, 2.75) is 0 Å². The Labute approximate surface area is 287 Å². The standard InChI is InChI=1S/C46H29NOS/c1-2-10-32-27-33(20-19-30(32)9-1)31-21-23-35(24-22-31)47(37-25-26-40-39-13-4-6-18-44(39)49-45(40)29-37)36-12-7-11-34(28-36)38-15-8-17-43-46(38)41-14-3-5-16-42(41)48-43/h1-29H. The average Bonchev–Trinajstić information content (AvgIpc) is 3.73. The molecule has 0 saturated heterocycles. The van der Waals surface area contributed by atoms with E-state index in [0.717, 1.165) is 50.1 Å². The summed E-state index contributed by atoms with van der Waals surface area (Å²) in [6.07, 6.45) is 0. The molecule has 0 spiro atoms. The van der Waals surface area contributed by atoms with Gasteiger partial charge in [-0.05, 0) is 93.7 Å². The lowest BCUT2D eigenvalue weighted by molar-refractivity contribution is 0.669. The molecule has 10 rings (SSSR count). The number of thiophene rings is 1. The Hall–Kier alpha value is -6.16. The largest absolute Gasteiger partial charge is 0.456 e. The van der Waals surface area contributed by atoms with Crippen molar-refractivity contribution in [2.24, 2.45) is 0 Å². The third kappa shape index (κ3) is 4.70. The van der Waals surface area contributed by atoms with Crippen molar-refractivity contribution in [3.8, 4) is 22.3 Å². The first kappa shape index (κ1) is 27.9. The summed E-state index contributed by atoms with van der Waals surface area (Å²) in [6.45, 7) is 0. The lowest BCUT2D eigenvalue weighted by Crippen LogP contribution is -2.10. The van der Waals surface area contributed by atoms with Crippen LogP contribution in [0.1, 0.15) is 0 Å². The number of furan rings is 1. The van der Waals surface area contributed by atoms with E-state index in [1.807, 2.05) is 23.5 Å². The van der Waals surface area contributed by atoms with Gasteiger partial charge in [-0.1, -0.05) is 115 Å². The fourth-order valence-corrected chi connectivity index (χ4v) is 8.44. The van der Waals surface area contributed by atoms with Gasteiger partial charge in [0.1, 0.15) is 11.2 Å². The minimum Gasteiger partial charge on any atom is -0.456 e. The van der Waals surface area contributed by atoms with E-state index in [1.165, 1.54) is 42.1 Å². The lowest BCUT2D eigenvalue weighted by atomic mass is 9.98. The van der Waals surface area contributed by atoms with Crippen LogP contribution in [-0.2, 0) is 0 Å². The first-order chi connectivity index (χ1) is 24.3. The predicted octanol–water partition coefficient (Wildman–Crippen LogP) is 13.9. The molecule has 230 valence electrons. The molecule has 0 atom stereocenters. The van der Waals surface area contributed by atoms with E-state index in [-0.39, 0.29) is 0 Å². The van der Waals surface area contributed by atoms with Gasteiger partial charge in [0, 0.05) is 48.0 Å². The number of para-hydroxylation sites is 1. The van der Waals surface area contributed by atoms with Crippen LogP contribution in [0.2, 0.25) is 0 Å². The van der Waals surface area contributed by atoms with Crippen LogP contribution < -0.4 is 4.90 Å². The van der Waals surface area contributed by atoms with Crippen LogP contribution in [0.15, 0.2) is 180 Å². The zero-order valence-corrected chi connectivity index (χ0v) is 27.3. The molecule has 49 heavy (non-hydrogen) atoms. The number of nitrogens with zero attached hydrogens (tertiary/aromatic N) is 1. The van der Waals surface area contributed by atoms with Crippen LogP contribution in [0.25, 0.3) is 75.1 Å². The highest BCUT2D eigenvalue weighted by molar-refractivity contribution is 7.25. The normalized spacial score (nSPS) is 11.7. The van der Waals surface area contributed by atoms with Crippen molar-refractivity contribution in [1.82, 2.24) is 0 Å². The molecule has 2 nitrogen and oxygen atoms in total. The molecule has 2 aromatic heterocycles. The summed E-state index contributed by atoms with van der Waals surface area (Å²) < 4.78 is 8.85. The van der Waals surface area contributed by atoms with Crippen LogP contribution in [0.5, 0.6) is 0 Å². The van der Waals surface area contributed by atoms with Crippen LogP contribution in [0.4, 0.5) is 17.1 Å². The van der Waals surface area contributed by atoms with E-state index in [2.05, 4.69) is 169 Å². The molecule has 0 aliphatic rings. The molecule has 3 heteroatoms. The van der Waals surface area contributed by atoms with Crippen LogP contribution in [0.3, 0.4) is 0 Å². The molecule has 0 amide bonds. The zero-order valence-electron chi connectivity index (χ0n) is 26.5. The second-order valence-electron chi connectivity index (χ2n) is 12.6. The van der Waals surface area contributed by atoms with Gasteiger partial charge in [0.2, 0.25) is 0 Å². The SMILES string of the molecule is c1cc(-c2cccc3oc4ccccc4c23)cc(N(c2ccc(-c3ccc4ccccc4c3)cc2)c2ccc3c(c2)sc2ccccc23)c1. The third-order valence-corrected chi connectivity index (χ3v) is 10.8. The highest BCUT2D eigenvalue weighted by Gasteiger charge is 2.18. The summed E-state index contributed by atoms with van der Waals surface area (Å²) >= 11 is 1.85. The first-order valence-electron chi connectivity index (χ1n) is 16.6. The van der Waals surface area contributed by atoms with Crippen molar-refractivity contribution in [1.29, 1.82) is 0 Å². The van der Waals surface area contributed by atoms with Crippen molar-refractivity contribution < 1.29 is 4.42 Å². The first-order valence-corrected chi connectivity index (χ1v) is 17.4. The molecule has 2 heterocycles. The van der Waals surface area contributed by atoms with Gasteiger partial charge in [-0.15, -0.1) is 11.3 Å². The molecular formula is C46H29NOS. The Bertz CT molecular complexity index is 2840. The smallest absolute Gasteiger partial charge is 0.136 e. The van der Waals surface area contributed by atoms with E-state index in [1.54, 1.807) is 0 Å². The van der Waals surface area contributed by atoms with Crippen molar-refractivity contribution >= 4 is 81.3 Å². The Balaban J connectivity index is 1.13. The fraction of sp³-hybridized carbons (Fsp3) is 0. The van der Waals surface area contributed by atoms with Gasteiger partial charge < -0.3 is 9.32 Å². The Kier molecular flexibility index (Phi) is 6.39. The van der Waals surface area contributed by atoms with Gasteiger partial charge in [0.05, 0.1) is 0 Å². The molecule has 10 aromatic rings. The molecule has 0 saturated carbocycles. The topological polar surface area (TPSA) is 16.4 Å². The zero-order chi connectivity index (χ0) is 32.3. The second-order valence-corrected chi connectivity index (χ2v) is 13.6. The van der Waals surface area contributed by atoms with E-state index in [9.17, 15) is 0 Å². The van der Waals surface area contributed by atoms with Crippen LogP contribution in [0, 0.1) is 0 Å². The number of hydrogen-bond acceptors (Lipinski definition) is 3. The Morgan fingerprint density at radius 1 is 0.388 bits per heavy atom. The fourth-order valence-electron chi connectivity index (χ4n) is 7.30. The summed E-state index contributed by atoms with van der Waals surface area (Å²) in [5, 5.41) is 7.39. The maximum Gasteiger partial charge on any atom is 0.136 e. The van der Waals surface area contributed by atoms with Crippen molar-refractivity contribution in [3.05, 3.63) is 176 Å². The van der Waals surface area contributed by atoms with Gasteiger partial charge in [-0.2, -0.15) is 0 Å². The molecule has 0 fully saturated rings. The highest BCUT2D eigenvalue weighted by atomic mass is 32.1. The van der Waals surface area contributed by atoms with Gasteiger partial charge in [-0.3, -0.25) is 0 Å². The van der Waals surface area contributed by atoms with Gasteiger partial charge in [-0.25, -0.2) is 0 Å². The maximum atomic E-state index is 6.26. The molecule has 8 aromatic carbocycles. The van der Waals surface area contributed by atoms with Gasteiger partial charge in [0.15, 0.2) is 0 Å². The quantitative estimate of drug-likeness (QED) is 0.186. The lowest BCUT2D eigenvalue weighted by Gasteiger charge is -2.26. The minimum absolute atomic E-state index is 0.903. The van der Waals surface area contributed by atoms with E-state index in [0.29, 0.717) is 0 Å². The van der Waals surface area contributed by atoms with Crippen LogP contribution >= 0.6 is 11.3 Å². The Morgan fingerprint density at radius 2 is 1.08 bits per heavy atom. The van der Waals surface area contributed by atoms with E-state index < -0.39 is 0 Å². The summed E-state index contributed by atoms with van der Waals surface area (Å²) in [4.78, 5) is 2.38. The molecule has 0 aliphatic carbocycles. The Morgan fingerprint density at radius 3 is 2.00 bits per heavy atom. The molecule has 0 aliphatic heterocycles. The molecular weight excluding hydrogens is 615 g/mol. The number of rotatable bonds is 5. The summed E-state index contributed by atoms with van der Waals surface area (Å²) in [6, 6.07) is 63.3. The number of benzene rings is 8. The second kappa shape index (κ2) is 11.2. The maximum absolute atomic E-state index is 6.26.